The molecule has 3 rings (SSSR count). The molecule has 5 heteroatoms. The number of hydrogen-bond acceptors (Lipinski definition) is 3. The van der Waals surface area contributed by atoms with Crippen LogP contribution in [0.4, 0.5) is 0 Å². The van der Waals surface area contributed by atoms with Gasteiger partial charge in [-0.05, 0) is 37.5 Å². The van der Waals surface area contributed by atoms with Crippen LogP contribution in [0.1, 0.15) is 31.7 Å². The largest absolute Gasteiger partial charge is 0.383 e. The number of nitrogens with one attached hydrogen (secondary N) is 2. The van der Waals surface area contributed by atoms with Crippen LogP contribution in [0.25, 0.3) is 22.2 Å². The molecule has 0 aliphatic rings. The Morgan fingerprint density at radius 1 is 1.28 bits per heavy atom. The maximum absolute atomic E-state index is 6.46. The molecule has 2 heterocycles. The fraction of sp³-hybridized carbons (Fsp3) is 0.300. The van der Waals surface area contributed by atoms with Crippen LogP contribution in [0.15, 0.2) is 42.9 Å². The maximum Gasteiger partial charge on any atom is 0.0901 e. The molecule has 0 radical (unpaired) electrons. The number of aryl methyl sites for hydroxylation is 1. The molecule has 0 saturated carbocycles. The summed E-state index contributed by atoms with van der Waals surface area (Å²) in [6.45, 7) is 11.1. The van der Waals surface area contributed by atoms with Gasteiger partial charge in [-0.1, -0.05) is 32.0 Å². The van der Waals surface area contributed by atoms with Crippen molar-refractivity contribution in [2.75, 3.05) is 0 Å². The zero-order valence-corrected chi connectivity index (χ0v) is 15.6. The van der Waals surface area contributed by atoms with Crippen molar-refractivity contribution in [1.82, 2.24) is 20.3 Å². The number of fused-ring (bicyclic) bond motifs is 1. The van der Waals surface area contributed by atoms with Gasteiger partial charge in [-0.15, -0.1) is 0 Å². The summed E-state index contributed by atoms with van der Waals surface area (Å²) in [6, 6.07) is 6.12. The number of halogens is 1. The van der Waals surface area contributed by atoms with Crippen molar-refractivity contribution in [2.24, 2.45) is 5.92 Å². The molecular formula is C20H23ClN4. The van der Waals surface area contributed by atoms with E-state index in [1.807, 2.05) is 19.1 Å². The second-order valence-corrected chi connectivity index (χ2v) is 6.85. The van der Waals surface area contributed by atoms with Crippen LogP contribution in [-0.2, 0) is 6.54 Å². The van der Waals surface area contributed by atoms with Gasteiger partial charge in [0.2, 0.25) is 0 Å². The highest BCUT2D eigenvalue weighted by Gasteiger charge is 2.10. The van der Waals surface area contributed by atoms with Gasteiger partial charge < -0.3 is 10.3 Å². The van der Waals surface area contributed by atoms with Crippen LogP contribution < -0.4 is 5.32 Å². The molecule has 1 unspecified atom stereocenters. The minimum Gasteiger partial charge on any atom is -0.383 e. The molecule has 0 fully saturated rings. The van der Waals surface area contributed by atoms with Crippen LogP contribution in [0.5, 0.6) is 0 Å². The third-order valence-electron chi connectivity index (χ3n) is 4.53. The second-order valence-electron chi connectivity index (χ2n) is 6.44. The van der Waals surface area contributed by atoms with Gasteiger partial charge in [0.05, 0.1) is 29.2 Å². The van der Waals surface area contributed by atoms with Gasteiger partial charge in [0.15, 0.2) is 0 Å². The van der Waals surface area contributed by atoms with E-state index in [0.29, 0.717) is 10.9 Å². The van der Waals surface area contributed by atoms with Crippen LogP contribution in [0, 0.1) is 12.8 Å². The summed E-state index contributed by atoms with van der Waals surface area (Å²) in [5.74, 6) is 0.463. The standard InChI is InChI=1S/C20H23ClN4/c1-5-12(2)14(4)23-10-16-6-15-7-18(21)17(8-19(15)25-16)20-11-22-13(3)9-24-20/h6-9,11-12,23,25H,4-5,10H2,1-3H3. The van der Waals surface area contributed by atoms with Crippen molar-refractivity contribution in [1.29, 1.82) is 0 Å². The summed E-state index contributed by atoms with van der Waals surface area (Å²) in [6.07, 6.45) is 4.58. The highest BCUT2D eigenvalue weighted by molar-refractivity contribution is 6.34. The van der Waals surface area contributed by atoms with E-state index in [2.05, 4.69) is 46.8 Å². The Hall–Kier alpha value is -2.33. The first-order valence-corrected chi connectivity index (χ1v) is 8.88. The van der Waals surface area contributed by atoms with Gasteiger partial charge >= 0.3 is 0 Å². The van der Waals surface area contributed by atoms with E-state index in [4.69, 9.17) is 11.6 Å². The molecule has 2 N–H and O–H groups in total. The molecule has 25 heavy (non-hydrogen) atoms. The Balaban J connectivity index is 1.86. The van der Waals surface area contributed by atoms with E-state index in [1.54, 1.807) is 12.4 Å². The Morgan fingerprint density at radius 3 is 2.76 bits per heavy atom. The molecule has 1 atom stereocenters. The van der Waals surface area contributed by atoms with Crippen molar-refractivity contribution >= 4 is 22.5 Å². The first-order valence-electron chi connectivity index (χ1n) is 8.50. The predicted octanol–water partition coefficient (Wildman–Crippen LogP) is 5.24. The van der Waals surface area contributed by atoms with Gasteiger partial charge in [0.1, 0.15) is 0 Å². The SMILES string of the molecule is C=C(NCc1cc2cc(Cl)c(-c3cnc(C)cn3)cc2[nH]1)C(C)CC. The van der Waals surface area contributed by atoms with Gasteiger partial charge in [0, 0.05) is 34.1 Å². The lowest BCUT2D eigenvalue weighted by atomic mass is 10.1. The highest BCUT2D eigenvalue weighted by Crippen LogP contribution is 2.31. The zero-order chi connectivity index (χ0) is 18.0. The van der Waals surface area contributed by atoms with Crippen molar-refractivity contribution in [3.05, 3.63) is 59.3 Å². The quantitative estimate of drug-likeness (QED) is 0.636. The third kappa shape index (κ3) is 3.85. The Labute approximate surface area is 153 Å². The summed E-state index contributed by atoms with van der Waals surface area (Å²) in [7, 11) is 0. The summed E-state index contributed by atoms with van der Waals surface area (Å²) in [4.78, 5) is 12.2. The average Bonchev–Trinajstić information content (AvgIpc) is 3.00. The molecule has 130 valence electrons. The Kier molecular flexibility index (Phi) is 5.09. The van der Waals surface area contributed by atoms with Gasteiger partial charge in [-0.25, -0.2) is 0 Å². The number of aromatic nitrogens is 3. The van der Waals surface area contributed by atoms with Crippen LogP contribution in [0.2, 0.25) is 5.02 Å². The highest BCUT2D eigenvalue weighted by atomic mass is 35.5. The van der Waals surface area contributed by atoms with E-state index in [9.17, 15) is 0 Å². The fourth-order valence-electron chi connectivity index (χ4n) is 2.67. The third-order valence-corrected chi connectivity index (χ3v) is 4.85. The van der Waals surface area contributed by atoms with E-state index in [0.717, 1.165) is 52.2 Å². The summed E-state index contributed by atoms with van der Waals surface area (Å²) < 4.78 is 0. The zero-order valence-electron chi connectivity index (χ0n) is 14.9. The number of hydrogen-bond donors (Lipinski definition) is 2. The number of nitrogens with zero attached hydrogens (tertiary/aromatic N) is 2. The molecule has 3 aromatic rings. The van der Waals surface area contributed by atoms with Crippen LogP contribution in [-0.4, -0.2) is 15.0 Å². The minimum atomic E-state index is 0.463. The smallest absolute Gasteiger partial charge is 0.0901 e. The minimum absolute atomic E-state index is 0.463. The molecule has 0 bridgehead atoms. The Morgan fingerprint density at radius 2 is 2.08 bits per heavy atom. The number of aromatic amines is 1. The molecule has 4 nitrogen and oxygen atoms in total. The summed E-state index contributed by atoms with van der Waals surface area (Å²) >= 11 is 6.46. The first kappa shape index (κ1) is 17.5. The average molecular weight is 355 g/mol. The molecule has 1 aromatic carbocycles. The lowest BCUT2D eigenvalue weighted by Crippen LogP contribution is -2.17. The monoisotopic (exact) mass is 354 g/mol. The van der Waals surface area contributed by atoms with Gasteiger partial charge in [-0.2, -0.15) is 0 Å². The normalized spacial score (nSPS) is 12.3. The lowest BCUT2D eigenvalue weighted by Gasteiger charge is -2.14. The first-order chi connectivity index (χ1) is 12.0. The molecule has 0 saturated heterocycles. The fourth-order valence-corrected chi connectivity index (χ4v) is 2.93. The Bertz CT molecular complexity index is 896. The number of allylic oxidation sites excluding steroid dienone is 1. The summed E-state index contributed by atoms with van der Waals surface area (Å²) in [5.41, 5.74) is 5.74. The number of rotatable bonds is 6. The lowest BCUT2D eigenvalue weighted by molar-refractivity contribution is 0.587. The molecule has 0 aliphatic heterocycles. The van der Waals surface area contributed by atoms with E-state index < -0.39 is 0 Å². The second kappa shape index (κ2) is 7.28. The number of H-pyrrole nitrogens is 1. The molecule has 0 aliphatic carbocycles. The van der Waals surface area contributed by atoms with E-state index in [1.165, 1.54) is 0 Å². The maximum atomic E-state index is 6.46. The van der Waals surface area contributed by atoms with Crippen molar-refractivity contribution in [3.8, 4) is 11.3 Å². The molecule has 2 aromatic heterocycles. The van der Waals surface area contributed by atoms with Crippen molar-refractivity contribution in [2.45, 2.75) is 33.7 Å². The molecule has 0 amide bonds. The summed E-state index contributed by atoms with van der Waals surface area (Å²) in [5, 5.41) is 5.15. The predicted molar refractivity (Wildman–Crippen MR) is 105 cm³/mol. The molecule has 0 spiro atoms. The molecular weight excluding hydrogens is 332 g/mol. The van der Waals surface area contributed by atoms with Crippen LogP contribution >= 0.6 is 11.6 Å². The van der Waals surface area contributed by atoms with E-state index >= 15 is 0 Å². The van der Waals surface area contributed by atoms with Crippen molar-refractivity contribution in [3.63, 3.8) is 0 Å². The van der Waals surface area contributed by atoms with Crippen LogP contribution in [0.3, 0.4) is 0 Å². The van der Waals surface area contributed by atoms with Gasteiger partial charge in [0.25, 0.3) is 0 Å². The van der Waals surface area contributed by atoms with Gasteiger partial charge in [-0.3, -0.25) is 9.97 Å². The topological polar surface area (TPSA) is 53.6 Å². The van der Waals surface area contributed by atoms with E-state index in [-0.39, 0.29) is 0 Å². The van der Waals surface area contributed by atoms with Crippen molar-refractivity contribution < 1.29 is 0 Å². The number of benzene rings is 1.